The lowest BCUT2D eigenvalue weighted by molar-refractivity contribution is 0.544. The van der Waals surface area contributed by atoms with Gasteiger partial charge < -0.3 is 11.1 Å². The van der Waals surface area contributed by atoms with Crippen molar-refractivity contribution in [2.75, 3.05) is 17.6 Å². The molecule has 0 fully saturated rings. The van der Waals surface area contributed by atoms with E-state index in [0.717, 1.165) is 24.0 Å². The molecule has 84 valence electrons. The van der Waals surface area contributed by atoms with Crippen molar-refractivity contribution < 1.29 is 0 Å². The van der Waals surface area contributed by atoms with Gasteiger partial charge in [-0.25, -0.2) is 4.98 Å². The highest BCUT2D eigenvalue weighted by Gasteiger charge is 1.95. The average Bonchev–Trinajstić information content (AvgIpc) is 2.17. The molecule has 0 saturated carbocycles. The van der Waals surface area contributed by atoms with Crippen molar-refractivity contribution in [1.82, 2.24) is 4.98 Å². The molecule has 0 aromatic carbocycles. The number of anilines is 2. The maximum Gasteiger partial charge on any atom is 0.127 e. The minimum Gasteiger partial charge on any atom is -0.399 e. The Morgan fingerprint density at radius 2 is 2.20 bits per heavy atom. The first-order valence-corrected chi connectivity index (χ1v) is 5.64. The zero-order valence-corrected chi connectivity index (χ0v) is 9.66. The smallest absolute Gasteiger partial charge is 0.127 e. The molecule has 0 unspecified atom stereocenters. The molecule has 15 heavy (non-hydrogen) atoms. The Kier molecular flexibility index (Phi) is 4.95. The van der Waals surface area contributed by atoms with Crippen LogP contribution in [0.2, 0.25) is 0 Å². The number of nitrogen functional groups attached to an aromatic ring is 1. The van der Waals surface area contributed by atoms with Gasteiger partial charge in [0, 0.05) is 24.5 Å². The molecule has 0 saturated heterocycles. The van der Waals surface area contributed by atoms with Gasteiger partial charge in [0.05, 0.1) is 0 Å². The monoisotopic (exact) mass is 207 g/mol. The number of nitrogens with two attached hydrogens (primary N) is 1. The maximum atomic E-state index is 5.65. The van der Waals surface area contributed by atoms with E-state index in [9.17, 15) is 0 Å². The SMILES string of the molecule is CC(C)CCCCNc1cc(N)ccn1. The molecule has 0 spiro atoms. The molecule has 3 nitrogen and oxygen atoms in total. The molecule has 0 amide bonds. The molecule has 1 rings (SSSR count). The predicted molar refractivity (Wildman–Crippen MR) is 65.8 cm³/mol. The molecule has 3 N–H and O–H groups in total. The molecular weight excluding hydrogens is 186 g/mol. The molecule has 1 aromatic rings. The van der Waals surface area contributed by atoms with Gasteiger partial charge in [-0.05, 0) is 18.4 Å². The van der Waals surface area contributed by atoms with Gasteiger partial charge in [0.25, 0.3) is 0 Å². The second-order valence-electron chi connectivity index (χ2n) is 4.29. The van der Waals surface area contributed by atoms with Crippen LogP contribution in [-0.2, 0) is 0 Å². The highest BCUT2D eigenvalue weighted by atomic mass is 15.0. The van der Waals surface area contributed by atoms with Crippen molar-refractivity contribution in [3.05, 3.63) is 18.3 Å². The summed E-state index contributed by atoms with van der Waals surface area (Å²) in [4.78, 5) is 4.18. The lowest BCUT2D eigenvalue weighted by Gasteiger charge is -2.07. The highest BCUT2D eigenvalue weighted by molar-refractivity contribution is 5.48. The first-order chi connectivity index (χ1) is 7.18. The van der Waals surface area contributed by atoms with Gasteiger partial charge in [0.15, 0.2) is 0 Å². The molecule has 0 aliphatic rings. The summed E-state index contributed by atoms with van der Waals surface area (Å²) in [5, 5.41) is 3.27. The zero-order chi connectivity index (χ0) is 11.1. The van der Waals surface area contributed by atoms with Gasteiger partial charge in [-0.3, -0.25) is 0 Å². The van der Waals surface area contributed by atoms with E-state index in [4.69, 9.17) is 5.73 Å². The van der Waals surface area contributed by atoms with E-state index >= 15 is 0 Å². The van der Waals surface area contributed by atoms with Crippen LogP contribution in [0, 0.1) is 5.92 Å². The summed E-state index contributed by atoms with van der Waals surface area (Å²) in [5.41, 5.74) is 6.41. The Morgan fingerprint density at radius 3 is 2.87 bits per heavy atom. The van der Waals surface area contributed by atoms with Crippen molar-refractivity contribution in [2.45, 2.75) is 33.1 Å². The Balaban J connectivity index is 2.15. The summed E-state index contributed by atoms with van der Waals surface area (Å²) in [6.07, 6.45) is 5.49. The molecule has 0 aliphatic heterocycles. The zero-order valence-electron chi connectivity index (χ0n) is 9.66. The second-order valence-corrected chi connectivity index (χ2v) is 4.29. The number of unbranched alkanes of at least 4 members (excludes halogenated alkanes) is 1. The number of nitrogens with one attached hydrogen (secondary N) is 1. The fourth-order valence-electron chi connectivity index (χ4n) is 1.44. The van der Waals surface area contributed by atoms with Gasteiger partial charge in [-0.1, -0.05) is 26.7 Å². The van der Waals surface area contributed by atoms with E-state index in [0.29, 0.717) is 0 Å². The Hall–Kier alpha value is -1.25. The number of pyridine rings is 1. The topological polar surface area (TPSA) is 50.9 Å². The van der Waals surface area contributed by atoms with Crippen LogP contribution >= 0.6 is 0 Å². The third kappa shape index (κ3) is 5.25. The second kappa shape index (κ2) is 6.27. The first-order valence-electron chi connectivity index (χ1n) is 5.64. The van der Waals surface area contributed by atoms with Crippen LogP contribution in [-0.4, -0.2) is 11.5 Å². The van der Waals surface area contributed by atoms with Crippen molar-refractivity contribution in [3.8, 4) is 0 Å². The van der Waals surface area contributed by atoms with Gasteiger partial charge in [0.1, 0.15) is 5.82 Å². The van der Waals surface area contributed by atoms with E-state index in [-0.39, 0.29) is 0 Å². The van der Waals surface area contributed by atoms with Crippen molar-refractivity contribution >= 4 is 11.5 Å². The Labute approximate surface area is 92.1 Å². The third-order valence-corrected chi connectivity index (χ3v) is 2.30. The van der Waals surface area contributed by atoms with E-state index in [1.54, 1.807) is 12.3 Å². The fraction of sp³-hybridized carbons (Fsp3) is 0.583. The van der Waals surface area contributed by atoms with Crippen molar-refractivity contribution in [1.29, 1.82) is 0 Å². The highest BCUT2D eigenvalue weighted by Crippen LogP contribution is 2.09. The average molecular weight is 207 g/mol. The third-order valence-electron chi connectivity index (χ3n) is 2.30. The summed E-state index contributed by atoms with van der Waals surface area (Å²) in [5.74, 6) is 1.68. The Bertz CT molecular complexity index is 284. The summed E-state index contributed by atoms with van der Waals surface area (Å²) in [7, 11) is 0. The normalized spacial score (nSPS) is 10.6. The number of nitrogens with zero attached hydrogens (tertiary/aromatic N) is 1. The minimum atomic E-state index is 0.759. The quantitative estimate of drug-likeness (QED) is 0.705. The van der Waals surface area contributed by atoms with Crippen LogP contribution in [0.3, 0.4) is 0 Å². The largest absolute Gasteiger partial charge is 0.399 e. The maximum absolute atomic E-state index is 5.65. The van der Waals surface area contributed by atoms with Crippen LogP contribution in [0.15, 0.2) is 18.3 Å². The number of aromatic nitrogens is 1. The molecule has 0 atom stereocenters. The summed E-state index contributed by atoms with van der Waals surface area (Å²) in [6.45, 7) is 5.49. The molecule has 1 heterocycles. The molecular formula is C12H21N3. The Morgan fingerprint density at radius 1 is 1.40 bits per heavy atom. The van der Waals surface area contributed by atoms with Crippen molar-refractivity contribution in [3.63, 3.8) is 0 Å². The number of rotatable bonds is 6. The van der Waals surface area contributed by atoms with Crippen LogP contribution in [0.25, 0.3) is 0 Å². The fourth-order valence-corrected chi connectivity index (χ4v) is 1.44. The number of hydrogen-bond acceptors (Lipinski definition) is 3. The molecule has 0 radical (unpaired) electrons. The predicted octanol–water partition coefficient (Wildman–Crippen LogP) is 2.90. The summed E-state index contributed by atoms with van der Waals surface area (Å²) in [6, 6.07) is 3.66. The van der Waals surface area contributed by atoms with Crippen LogP contribution in [0.5, 0.6) is 0 Å². The standard InChI is InChI=1S/C12H21N3/c1-10(2)5-3-4-7-14-12-9-11(13)6-8-15-12/h6,8-10H,3-5,7H2,1-2H3,(H3,13,14,15). The van der Waals surface area contributed by atoms with Crippen LogP contribution < -0.4 is 11.1 Å². The lowest BCUT2D eigenvalue weighted by Crippen LogP contribution is -2.04. The molecule has 0 bridgehead atoms. The van der Waals surface area contributed by atoms with Gasteiger partial charge in [-0.15, -0.1) is 0 Å². The minimum absolute atomic E-state index is 0.759. The molecule has 1 aromatic heterocycles. The van der Waals surface area contributed by atoms with Crippen LogP contribution in [0.4, 0.5) is 11.5 Å². The van der Waals surface area contributed by atoms with Crippen molar-refractivity contribution in [2.24, 2.45) is 5.92 Å². The molecule has 3 heteroatoms. The summed E-state index contributed by atoms with van der Waals surface area (Å²) >= 11 is 0. The van der Waals surface area contributed by atoms with E-state index in [1.807, 2.05) is 6.07 Å². The van der Waals surface area contributed by atoms with E-state index in [2.05, 4.69) is 24.1 Å². The van der Waals surface area contributed by atoms with E-state index < -0.39 is 0 Å². The molecule has 0 aliphatic carbocycles. The lowest BCUT2D eigenvalue weighted by atomic mass is 10.1. The van der Waals surface area contributed by atoms with Gasteiger partial charge in [0.2, 0.25) is 0 Å². The van der Waals surface area contributed by atoms with E-state index in [1.165, 1.54) is 19.3 Å². The van der Waals surface area contributed by atoms with Gasteiger partial charge in [-0.2, -0.15) is 0 Å². The number of hydrogen-bond donors (Lipinski definition) is 2. The van der Waals surface area contributed by atoms with Gasteiger partial charge >= 0.3 is 0 Å². The van der Waals surface area contributed by atoms with Crippen LogP contribution in [0.1, 0.15) is 33.1 Å². The first kappa shape index (κ1) is 11.8. The summed E-state index contributed by atoms with van der Waals surface area (Å²) < 4.78 is 0.